The summed E-state index contributed by atoms with van der Waals surface area (Å²) in [5, 5.41) is 0.852. The molecule has 128 valence electrons. The van der Waals surface area contributed by atoms with Crippen LogP contribution in [-0.2, 0) is 4.74 Å². The van der Waals surface area contributed by atoms with E-state index in [2.05, 4.69) is 11.1 Å². The second-order valence-corrected chi connectivity index (χ2v) is 7.21. The molecular weight excluding hydrogens is 307 g/mol. The number of ether oxygens (including phenoxy) is 1. The first kappa shape index (κ1) is 16.6. The number of carbonyl (C=O) groups excluding carboxylic acids is 1. The lowest BCUT2D eigenvalue weighted by atomic mass is 9.98. The van der Waals surface area contributed by atoms with Gasteiger partial charge in [-0.25, -0.2) is 9.18 Å². The van der Waals surface area contributed by atoms with Crippen molar-refractivity contribution in [2.75, 3.05) is 13.1 Å². The summed E-state index contributed by atoms with van der Waals surface area (Å²) in [5.41, 5.74) is 2.92. The van der Waals surface area contributed by atoms with Crippen LogP contribution >= 0.6 is 0 Å². The molecule has 2 aromatic rings. The highest BCUT2D eigenvalue weighted by atomic mass is 19.1. The highest BCUT2D eigenvalue weighted by Gasteiger charge is 2.26. The van der Waals surface area contributed by atoms with Gasteiger partial charge in [0.2, 0.25) is 0 Å². The van der Waals surface area contributed by atoms with E-state index in [1.54, 1.807) is 11.0 Å². The van der Waals surface area contributed by atoms with Gasteiger partial charge in [-0.1, -0.05) is 18.2 Å². The van der Waals surface area contributed by atoms with Gasteiger partial charge in [0.05, 0.1) is 5.52 Å². The van der Waals surface area contributed by atoms with Crippen molar-refractivity contribution in [3.63, 3.8) is 0 Å². The fourth-order valence-corrected chi connectivity index (χ4v) is 3.13. The lowest BCUT2D eigenvalue weighted by Crippen LogP contribution is -2.39. The number of halogens is 1. The minimum absolute atomic E-state index is 0.262. The zero-order valence-electron chi connectivity index (χ0n) is 14.6. The molecule has 0 atom stereocenters. The molecule has 1 amide bonds. The van der Waals surface area contributed by atoms with E-state index in [0.717, 1.165) is 28.6 Å². The number of aromatic amines is 1. The summed E-state index contributed by atoms with van der Waals surface area (Å²) in [7, 11) is 0. The summed E-state index contributed by atoms with van der Waals surface area (Å²) in [6.45, 7) is 8.62. The Morgan fingerprint density at radius 2 is 2.08 bits per heavy atom. The predicted molar refractivity (Wildman–Crippen MR) is 93.4 cm³/mol. The summed E-state index contributed by atoms with van der Waals surface area (Å²) in [6, 6.07) is 5.07. The van der Waals surface area contributed by atoms with Crippen molar-refractivity contribution in [1.82, 2.24) is 9.88 Å². The molecule has 24 heavy (non-hydrogen) atoms. The molecule has 0 saturated heterocycles. The van der Waals surface area contributed by atoms with Gasteiger partial charge < -0.3 is 14.6 Å². The number of aromatic nitrogens is 1. The van der Waals surface area contributed by atoms with E-state index < -0.39 is 5.60 Å². The molecule has 1 aliphatic rings. The van der Waals surface area contributed by atoms with Crippen molar-refractivity contribution >= 4 is 22.6 Å². The number of nitrogens with zero attached hydrogens (tertiary/aromatic N) is 1. The van der Waals surface area contributed by atoms with Gasteiger partial charge in [-0.15, -0.1) is 0 Å². The number of nitrogens with one attached hydrogen (secondary N) is 1. The van der Waals surface area contributed by atoms with Crippen LogP contribution in [0.1, 0.15) is 38.4 Å². The Morgan fingerprint density at radius 3 is 2.79 bits per heavy atom. The van der Waals surface area contributed by atoms with Gasteiger partial charge in [0.1, 0.15) is 11.4 Å². The highest BCUT2D eigenvalue weighted by Crippen LogP contribution is 2.32. The topological polar surface area (TPSA) is 45.3 Å². The monoisotopic (exact) mass is 330 g/mol. The van der Waals surface area contributed by atoms with Gasteiger partial charge >= 0.3 is 6.09 Å². The molecule has 0 fully saturated rings. The summed E-state index contributed by atoms with van der Waals surface area (Å²) in [5.74, 6) is -0.262. The first-order chi connectivity index (χ1) is 11.3. The third-order valence-corrected chi connectivity index (χ3v) is 4.09. The third-order valence-electron chi connectivity index (χ3n) is 4.09. The van der Waals surface area contributed by atoms with Gasteiger partial charge in [-0.2, -0.15) is 0 Å². The fraction of sp³-hybridized carbons (Fsp3) is 0.421. The summed E-state index contributed by atoms with van der Waals surface area (Å²) >= 11 is 0. The quantitative estimate of drug-likeness (QED) is 0.828. The maximum Gasteiger partial charge on any atom is 0.410 e. The average molecular weight is 330 g/mol. The van der Waals surface area contributed by atoms with E-state index in [9.17, 15) is 9.18 Å². The van der Waals surface area contributed by atoms with E-state index in [-0.39, 0.29) is 11.9 Å². The lowest BCUT2D eigenvalue weighted by Gasteiger charge is -2.30. The zero-order chi connectivity index (χ0) is 17.5. The van der Waals surface area contributed by atoms with Crippen LogP contribution in [0.4, 0.5) is 9.18 Å². The van der Waals surface area contributed by atoms with Crippen LogP contribution in [0, 0.1) is 12.7 Å². The molecule has 0 spiro atoms. The second-order valence-electron chi connectivity index (χ2n) is 7.21. The van der Waals surface area contributed by atoms with Crippen LogP contribution in [0.2, 0.25) is 0 Å². The van der Waals surface area contributed by atoms with E-state index in [0.29, 0.717) is 18.6 Å². The molecule has 4 nitrogen and oxygen atoms in total. The second kappa shape index (κ2) is 5.96. The van der Waals surface area contributed by atoms with E-state index in [4.69, 9.17) is 4.74 Å². The number of aryl methyl sites for hydroxylation is 1. The Labute approximate surface area is 141 Å². The van der Waals surface area contributed by atoms with Crippen molar-refractivity contribution in [2.45, 2.75) is 39.7 Å². The van der Waals surface area contributed by atoms with E-state index in [1.165, 1.54) is 6.07 Å². The minimum Gasteiger partial charge on any atom is -0.444 e. The third kappa shape index (κ3) is 3.16. The normalized spacial score (nSPS) is 15.5. The Bertz CT molecular complexity index is 815. The molecule has 5 heteroatoms. The molecule has 2 heterocycles. The number of para-hydroxylation sites is 1. The maximum atomic E-state index is 14.0. The number of carbonyl (C=O) groups is 1. The zero-order valence-corrected chi connectivity index (χ0v) is 14.6. The molecule has 1 aliphatic heterocycles. The Hall–Kier alpha value is -2.30. The standard InChI is InChI=1S/C19H23FN2O2/c1-12-16(14-8-5-9-15(20)17(14)21-12)13-7-6-10-22(11-13)18(23)24-19(2,3)4/h5,7-9,21H,6,10-11H2,1-4H3. The SMILES string of the molecule is Cc1[nH]c2c(F)cccc2c1C1=CCCN(C(=O)OC(C)(C)C)C1. The average Bonchev–Trinajstić information content (AvgIpc) is 2.83. The van der Waals surface area contributed by atoms with Crippen molar-refractivity contribution in [1.29, 1.82) is 0 Å². The van der Waals surface area contributed by atoms with Gasteiger partial charge in [0.25, 0.3) is 0 Å². The van der Waals surface area contributed by atoms with Crippen molar-refractivity contribution in [3.8, 4) is 0 Å². The van der Waals surface area contributed by atoms with Crippen LogP contribution in [0.3, 0.4) is 0 Å². The number of hydrogen-bond acceptors (Lipinski definition) is 2. The molecule has 1 aromatic heterocycles. The number of rotatable bonds is 1. The number of hydrogen-bond donors (Lipinski definition) is 1. The molecule has 0 bridgehead atoms. The van der Waals surface area contributed by atoms with Crippen LogP contribution in [-0.4, -0.2) is 34.7 Å². The van der Waals surface area contributed by atoms with Gasteiger partial charge in [0.15, 0.2) is 0 Å². The highest BCUT2D eigenvalue weighted by molar-refractivity contribution is 5.95. The van der Waals surface area contributed by atoms with Crippen molar-refractivity contribution in [2.24, 2.45) is 0 Å². The Balaban J connectivity index is 1.91. The first-order valence-corrected chi connectivity index (χ1v) is 8.20. The molecule has 0 saturated carbocycles. The fourth-order valence-electron chi connectivity index (χ4n) is 3.13. The number of fused-ring (bicyclic) bond motifs is 1. The molecule has 0 aliphatic carbocycles. The van der Waals surface area contributed by atoms with Gasteiger partial charge in [-0.05, 0) is 45.8 Å². The number of H-pyrrole nitrogens is 1. The molecule has 1 N–H and O–H groups in total. The van der Waals surface area contributed by atoms with Crippen molar-refractivity contribution < 1.29 is 13.9 Å². The number of benzene rings is 1. The van der Waals surface area contributed by atoms with Crippen LogP contribution in [0.25, 0.3) is 16.5 Å². The van der Waals surface area contributed by atoms with E-state index in [1.807, 2.05) is 33.8 Å². The van der Waals surface area contributed by atoms with Crippen molar-refractivity contribution in [3.05, 3.63) is 41.3 Å². The van der Waals surface area contributed by atoms with Crippen LogP contribution in [0.5, 0.6) is 0 Å². The van der Waals surface area contributed by atoms with E-state index >= 15 is 0 Å². The lowest BCUT2D eigenvalue weighted by molar-refractivity contribution is 0.0273. The smallest absolute Gasteiger partial charge is 0.410 e. The molecule has 3 rings (SSSR count). The maximum absolute atomic E-state index is 14.0. The number of amides is 1. The summed E-state index contributed by atoms with van der Waals surface area (Å²) in [4.78, 5) is 17.2. The summed E-state index contributed by atoms with van der Waals surface area (Å²) in [6.07, 6.45) is 2.58. The molecule has 0 radical (unpaired) electrons. The first-order valence-electron chi connectivity index (χ1n) is 8.20. The Morgan fingerprint density at radius 1 is 1.33 bits per heavy atom. The molecule has 1 aromatic carbocycles. The Kier molecular flexibility index (Phi) is 4.11. The van der Waals surface area contributed by atoms with Gasteiger partial charge in [0, 0.05) is 29.7 Å². The molecule has 0 unspecified atom stereocenters. The van der Waals surface area contributed by atoms with Gasteiger partial charge in [-0.3, -0.25) is 0 Å². The summed E-state index contributed by atoms with van der Waals surface area (Å²) < 4.78 is 19.5. The predicted octanol–water partition coefficient (Wildman–Crippen LogP) is 4.64. The van der Waals surface area contributed by atoms with Crippen LogP contribution < -0.4 is 0 Å². The van der Waals surface area contributed by atoms with Crippen LogP contribution in [0.15, 0.2) is 24.3 Å². The largest absolute Gasteiger partial charge is 0.444 e. The minimum atomic E-state index is -0.516. The molecular formula is C19H23FN2O2.